The minimum Gasteiger partial charge on any atom is -0.336 e. The minimum absolute atomic E-state index is 0.0103. The number of carbonyl (C=O) groups is 2. The molecule has 33 heavy (non-hydrogen) atoms. The van der Waals surface area contributed by atoms with Crippen molar-refractivity contribution in [2.24, 2.45) is 5.92 Å². The summed E-state index contributed by atoms with van der Waals surface area (Å²) < 4.78 is 1.87. The van der Waals surface area contributed by atoms with E-state index in [9.17, 15) is 9.59 Å². The van der Waals surface area contributed by atoms with Crippen LogP contribution >= 0.6 is 0 Å². The quantitative estimate of drug-likeness (QED) is 0.531. The molecule has 2 N–H and O–H groups in total. The number of anilines is 1. The van der Waals surface area contributed by atoms with Crippen molar-refractivity contribution >= 4 is 17.9 Å². The lowest BCUT2D eigenvalue weighted by Gasteiger charge is -2.23. The third-order valence-corrected chi connectivity index (χ3v) is 5.55. The molecule has 1 aromatic heterocycles. The van der Waals surface area contributed by atoms with E-state index in [4.69, 9.17) is 4.98 Å². The molecular formula is C26H31N5O2. The summed E-state index contributed by atoms with van der Waals surface area (Å²) in [4.78, 5) is 31.9. The van der Waals surface area contributed by atoms with Crippen molar-refractivity contribution in [3.63, 3.8) is 0 Å². The van der Waals surface area contributed by atoms with Gasteiger partial charge in [-0.1, -0.05) is 48.0 Å². The lowest BCUT2D eigenvalue weighted by molar-refractivity contribution is -0.116. The fourth-order valence-corrected chi connectivity index (χ4v) is 3.63. The van der Waals surface area contributed by atoms with Crippen LogP contribution in [0.2, 0.25) is 0 Å². The Morgan fingerprint density at radius 1 is 1.09 bits per heavy atom. The van der Waals surface area contributed by atoms with Gasteiger partial charge in [-0.3, -0.25) is 14.7 Å². The standard InChI is InChI=1S/C26H31N5O2/c1-18(2)27-26(33)30(15-20-11-12-20)17-24(32)29-25-28-23(21-7-5-4-6-8-21)16-31(25)22-13-9-19(3)10-14-22/h4-10,13-14,16,18,20H,11-12,15,17H2,1-3H3,(H,27,33)(H,28,29,32). The molecule has 4 rings (SSSR count). The van der Waals surface area contributed by atoms with Crippen molar-refractivity contribution < 1.29 is 9.59 Å². The molecule has 3 aromatic rings. The van der Waals surface area contributed by atoms with Crippen molar-refractivity contribution in [2.75, 3.05) is 18.4 Å². The first-order valence-electron chi connectivity index (χ1n) is 11.5. The third kappa shape index (κ3) is 6.00. The van der Waals surface area contributed by atoms with E-state index in [1.54, 1.807) is 4.90 Å². The van der Waals surface area contributed by atoms with E-state index in [-0.39, 0.29) is 24.5 Å². The molecule has 0 unspecified atom stereocenters. The highest BCUT2D eigenvalue weighted by molar-refractivity contribution is 5.93. The number of hydrogen-bond donors (Lipinski definition) is 2. The fourth-order valence-electron chi connectivity index (χ4n) is 3.63. The molecule has 2 aromatic carbocycles. The van der Waals surface area contributed by atoms with E-state index < -0.39 is 0 Å². The molecule has 7 nitrogen and oxygen atoms in total. The van der Waals surface area contributed by atoms with Gasteiger partial charge in [0, 0.05) is 30.0 Å². The number of nitrogens with zero attached hydrogens (tertiary/aromatic N) is 3. The van der Waals surface area contributed by atoms with E-state index in [2.05, 4.69) is 10.6 Å². The number of benzene rings is 2. The van der Waals surface area contributed by atoms with E-state index in [1.807, 2.05) is 86.1 Å². The Labute approximate surface area is 194 Å². The number of aryl methyl sites for hydroxylation is 1. The van der Waals surface area contributed by atoms with Crippen LogP contribution in [-0.4, -0.2) is 45.5 Å². The van der Waals surface area contributed by atoms with Crippen molar-refractivity contribution in [1.82, 2.24) is 19.8 Å². The summed E-state index contributed by atoms with van der Waals surface area (Å²) in [6, 6.07) is 17.7. The van der Waals surface area contributed by atoms with Crippen LogP contribution in [0.25, 0.3) is 16.9 Å². The molecule has 1 aliphatic carbocycles. The first-order valence-corrected chi connectivity index (χ1v) is 11.5. The normalized spacial score (nSPS) is 13.1. The van der Waals surface area contributed by atoms with Gasteiger partial charge < -0.3 is 10.2 Å². The van der Waals surface area contributed by atoms with Crippen LogP contribution in [0.15, 0.2) is 60.8 Å². The van der Waals surface area contributed by atoms with Crippen LogP contribution in [0.1, 0.15) is 32.3 Å². The number of rotatable bonds is 8. The highest BCUT2D eigenvalue weighted by Gasteiger charge is 2.28. The zero-order valence-electron chi connectivity index (χ0n) is 19.4. The van der Waals surface area contributed by atoms with Crippen molar-refractivity contribution in [3.05, 3.63) is 66.4 Å². The van der Waals surface area contributed by atoms with Gasteiger partial charge in [-0.15, -0.1) is 0 Å². The van der Waals surface area contributed by atoms with Crippen LogP contribution in [-0.2, 0) is 4.79 Å². The molecule has 1 aliphatic rings. The Kier molecular flexibility index (Phi) is 6.77. The van der Waals surface area contributed by atoms with Crippen molar-refractivity contribution in [2.45, 2.75) is 39.7 Å². The molecular weight excluding hydrogens is 414 g/mol. The maximum absolute atomic E-state index is 13.0. The first-order chi connectivity index (χ1) is 15.9. The molecule has 0 aliphatic heterocycles. The second-order valence-electron chi connectivity index (χ2n) is 9.00. The van der Waals surface area contributed by atoms with Gasteiger partial charge in [0.2, 0.25) is 11.9 Å². The zero-order chi connectivity index (χ0) is 23.4. The number of aromatic nitrogens is 2. The Bertz CT molecular complexity index is 1100. The molecule has 172 valence electrons. The fraction of sp³-hybridized carbons (Fsp3) is 0.346. The Balaban J connectivity index is 1.57. The molecule has 0 radical (unpaired) electrons. The number of nitrogens with one attached hydrogen (secondary N) is 2. The second kappa shape index (κ2) is 9.90. The van der Waals surface area contributed by atoms with Crippen molar-refractivity contribution in [3.8, 4) is 16.9 Å². The summed E-state index contributed by atoms with van der Waals surface area (Å²) in [5.74, 6) is 0.640. The van der Waals surface area contributed by atoms with Crippen LogP contribution in [0, 0.1) is 12.8 Å². The highest BCUT2D eigenvalue weighted by atomic mass is 16.2. The van der Waals surface area contributed by atoms with Gasteiger partial charge in [0.05, 0.1) is 5.69 Å². The molecule has 0 saturated heterocycles. The highest BCUT2D eigenvalue weighted by Crippen LogP contribution is 2.30. The molecule has 7 heteroatoms. The number of amides is 3. The first kappa shape index (κ1) is 22.6. The van der Waals surface area contributed by atoms with Crippen LogP contribution in [0.3, 0.4) is 0 Å². The summed E-state index contributed by atoms with van der Waals surface area (Å²) >= 11 is 0. The molecule has 1 saturated carbocycles. The second-order valence-corrected chi connectivity index (χ2v) is 9.00. The smallest absolute Gasteiger partial charge is 0.318 e. The molecule has 0 spiro atoms. The number of imidazole rings is 1. The summed E-state index contributed by atoms with van der Waals surface area (Å²) in [5.41, 5.74) is 3.78. The predicted octanol–water partition coefficient (Wildman–Crippen LogP) is 4.62. The summed E-state index contributed by atoms with van der Waals surface area (Å²) in [7, 11) is 0. The van der Waals surface area contributed by atoms with Gasteiger partial charge in [-0.2, -0.15) is 0 Å². The average Bonchev–Trinajstić information content (AvgIpc) is 3.51. The molecule has 3 amide bonds. The van der Waals surface area contributed by atoms with Gasteiger partial charge in [-0.25, -0.2) is 9.78 Å². The minimum atomic E-state index is -0.270. The van der Waals surface area contributed by atoms with Crippen LogP contribution < -0.4 is 10.6 Å². The third-order valence-electron chi connectivity index (χ3n) is 5.55. The summed E-state index contributed by atoms with van der Waals surface area (Å²) in [5, 5.41) is 5.84. The van der Waals surface area contributed by atoms with E-state index >= 15 is 0 Å². The topological polar surface area (TPSA) is 79.3 Å². The maximum Gasteiger partial charge on any atom is 0.318 e. The van der Waals surface area contributed by atoms with Gasteiger partial charge in [0.15, 0.2) is 0 Å². The van der Waals surface area contributed by atoms with Gasteiger partial charge in [0.1, 0.15) is 6.54 Å². The van der Waals surface area contributed by atoms with Crippen molar-refractivity contribution in [1.29, 1.82) is 0 Å². The molecule has 1 fully saturated rings. The Morgan fingerprint density at radius 2 is 1.79 bits per heavy atom. The van der Waals surface area contributed by atoms with Crippen LogP contribution in [0.4, 0.5) is 10.7 Å². The van der Waals surface area contributed by atoms with Gasteiger partial charge >= 0.3 is 6.03 Å². The Morgan fingerprint density at radius 3 is 2.42 bits per heavy atom. The summed E-state index contributed by atoms with van der Waals surface area (Å²) in [6.45, 7) is 6.43. The lowest BCUT2D eigenvalue weighted by atomic mass is 10.2. The SMILES string of the molecule is Cc1ccc(-n2cc(-c3ccccc3)nc2NC(=O)CN(CC2CC2)C(=O)NC(C)C)cc1. The number of hydrogen-bond acceptors (Lipinski definition) is 3. The zero-order valence-corrected chi connectivity index (χ0v) is 19.4. The molecule has 0 atom stereocenters. The van der Waals surface area contributed by atoms with Gasteiger partial charge in [0.25, 0.3) is 0 Å². The van der Waals surface area contributed by atoms with E-state index in [0.717, 1.165) is 35.3 Å². The van der Waals surface area contributed by atoms with Gasteiger partial charge in [-0.05, 0) is 51.7 Å². The lowest BCUT2D eigenvalue weighted by Crippen LogP contribution is -2.47. The largest absolute Gasteiger partial charge is 0.336 e. The van der Waals surface area contributed by atoms with E-state index in [0.29, 0.717) is 18.4 Å². The molecule has 0 bridgehead atoms. The Hall–Kier alpha value is -3.61. The van der Waals surface area contributed by atoms with E-state index in [1.165, 1.54) is 0 Å². The predicted molar refractivity (Wildman–Crippen MR) is 130 cm³/mol. The number of urea groups is 1. The molecule has 1 heterocycles. The maximum atomic E-state index is 13.0. The van der Waals surface area contributed by atoms with Crippen LogP contribution in [0.5, 0.6) is 0 Å². The summed E-state index contributed by atoms with van der Waals surface area (Å²) in [6.07, 6.45) is 4.12. The number of carbonyl (C=O) groups excluding carboxylic acids is 2. The monoisotopic (exact) mass is 445 g/mol. The average molecular weight is 446 g/mol.